The molecule has 1 aliphatic carbocycles. The number of benzene rings is 1. The average molecular weight is 423 g/mol. The van der Waals surface area contributed by atoms with Crippen LogP contribution in [0.25, 0.3) is 5.69 Å². The highest BCUT2D eigenvalue weighted by molar-refractivity contribution is 6.30. The van der Waals surface area contributed by atoms with Gasteiger partial charge in [0, 0.05) is 29.4 Å². The lowest BCUT2D eigenvalue weighted by Gasteiger charge is -2.22. The molecule has 4 rings (SSSR count). The molecule has 28 heavy (non-hydrogen) atoms. The summed E-state index contributed by atoms with van der Waals surface area (Å²) in [5, 5.41) is 5.50. The summed E-state index contributed by atoms with van der Waals surface area (Å²) < 4.78 is 1.96. The van der Waals surface area contributed by atoms with Gasteiger partial charge in [0.1, 0.15) is 0 Å². The molecule has 1 atom stereocenters. The number of rotatable bonds is 3. The van der Waals surface area contributed by atoms with Crippen LogP contribution in [0.1, 0.15) is 54.4 Å². The lowest BCUT2D eigenvalue weighted by molar-refractivity contribution is 0.0769. The number of nitrogens with two attached hydrogens (primary N) is 1. The normalized spacial score (nSPS) is 21.8. The minimum Gasteiger partial charge on any atom is -0.337 e. The van der Waals surface area contributed by atoms with Crippen molar-refractivity contribution in [1.29, 1.82) is 0 Å². The van der Waals surface area contributed by atoms with Crippen LogP contribution < -0.4 is 5.73 Å². The quantitative estimate of drug-likeness (QED) is 0.759. The summed E-state index contributed by atoms with van der Waals surface area (Å²) in [7, 11) is 0. The summed E-state index contributed by atoms with van der Waals surface area (Å²) in [6.07, 6.45) is 6.27. The smallest absolute Gasteiger partial charge is 0.274 e. The zero-order valence-corrected chi connectivity index (χ0v) is 17.9. The maximum atomic E-state index is 13.3. The van der Waals surface area contributed by atoms with E-state index >= 15 is 0 Å². The van der Waals surface area contributed by atoms with Gasteiger partial charge in [-0.2, -0.15) is 5.10 Å². The van der Waals surface area contributed by atoms with Gasteiger partial charge < -0.3 is 10.6 Å². The fraction of sp³-hybridized carbons (Fsp3) is 0.524. The molecule has 2 aliphatic rings. The van der Waals surface area contributed by atoms with Crippen molar-refractivity contribution >= 4 is 29.9 Å². The molecule has 2 N–H and O–H groups in total. The van der Waals surface area contributed by atoms with Gasteiger partial charge in [-0.05, 0) is 68.3 Å². The monoisotopic (exact) mass is 422 g/mol. The molecule has 0 bridgehead atoms. The van der Waals surface area contributed by atoms with E-state index in [9.17, 15) is 4.79 Å². The summed E-state index contributed by atoms with van der Waals surface area (Å²) in [6.45, 7) is 4.24. The summed E-state index contributed by atoms with van der Waals surface area (Å²) in [4.78, 5) is 15.3. The second kappa shape index (κ2) is 8.44. The Morgan fingerprint density at radius 2 is 1.93 bits per heavy atom. The molecule has 7 heteroatoms. The molecule has 1 amide bonds. The van der Waals surface area contributed by atoms with Gasteiger partial charge in [-0.1, -0.05) is 24.9 Å². The first kappa shape index (κ1) is 21.2. The largest absolute Gasteiger partial charge is 0.337 e. The maximum absolute atomic E-state index is 13.3. The number of nitrogens with zero attached hydrogens (tertiary/aromatic N) is 3. The van der Waals surface area contributed by atoms with Crippen molar-refractivity contribution in [3.05, 3.63) is 46.2 Å². The number of likely N-dealkylation sites (tertiary alicyclic amines) is 1. The molecule has 2 heterocycles. The average Bonchev–Trinajstić information content (AvgIpc) is 3.15. The van der Waals surface area contributed by atoms with Gasteiger partial charge in [0.25, 0.3) is 5.91 Å². The van der Waals surface area contributed by atoms with Crippen molar-refractivity contribution in [3.8, 4) is 5.69 Å². The molecule has 1 fully saturated rings. The number of carbonyl (C=O) groups is 1. The Balaban J connectivity index is 0.00000225. The van der Waals surface area contributed by atoms with E-state index in [0.717, 1.165) is 49.9 Å². The Hall–Kier alpha value is -1.56. The maximum Gasteiger partial charge on any atom is 0.274 e. The molecule has 0 radical (unpaired) electrons. The van der Waals surface area contributed by atoms with Crippen LogP contribution in [0.2, 0.25) is 5.02 Å². The van der Waals surface area contributed by atoms with Crippen LogP contribution in [-0.2, 0) is 12.8 Å². The third kappa shape index (κ3) is 3.93. The summed E-state index contributed by atoms with van der Waals surface area (Å²) in [6, 6.07) is 7.68. The number of fused-ring (bicyclic) bond motifs is 1. The number of amides is 1. The lowest BCUT2D eigenvalue weighted by Crippen LogP contribution is -2.35. The van der Waals surface area contributed by atoms with Crippen LogP contribution >= 0.6 is 24.0 Å². The number of hydrogen-bond acceptors (Lipinski definition) is 3. The first-order valence-corrected chi connectivity index (χ1v) is 10.2. The Bertz CT molecular complexity index is 849. The summed E-state index contributed by atoms with van der Waals surface area (Å²) >= 11 is 6.05. The Morgan fingerprint density at radius 1 is 1.21 bits per heavy atom. The van der Waals surface area contributed by atoms with Gasteiger partial charge in [-0.15, -0.1) is 12.4 Å². The van der Waals surface area contributed by atoms with Gasteiger partial charge in [0.05, 0.1) is 5.69 Å². The molecule has 0 saturated carbocycles. The molecule has 1 aliphatic heterocycles. The molecule has 1 unspecified atom stereocenters. The van der Waals surface area contributed by atoms with Gasteiger partial charge in [0.2, 0.25) is 0 Å². The number of carbonyl (C=O) groups excluding carboxylic acids is 1. The second-order valence-corrected chi connectivity index (χ2v) is 8.65. The fourth-order valence-electron chi connectivity index (χ4n) is 4.26. The fourth-order valence-corrected chi connectivity index (χ4v) is 4.38. The number of halogens is 2. The molecular formula is C21H28Cl2N4O. The lowest BCUT2D eigenvalue weighted by atomic mass is 9.90. The molecule has 5 nitrogen and oxygen atoms in total. The minimum atomic E-state index is 0. The third-order valence-electron chi connectivity index (χ3n) is 6.04. The highest BCUT2D eigenvalue weighted by atomic mass is 35.5. The molecule has 1 aromatic heterocycles. The van der Waals surface area contributed by atoms with Crippen LogP contribution in [0.4, 0.5) is 0 Å². The van der Waals surface area contributed by atoms with Crippen LogP contribution in [0.3, 0.4) is 0 Å². The Morgan fingerprint density at radius 3 is 2.61 bits per heavy atom. The van der Waals surface area contributed by atoms with E-state index < -0.39 is 0 Å². The van der Waals surface area contributed by atoms with Crippen molar-refractivity contribution in [3.63, 3.8) is 0 Å². The first-order chi connectivity index (χ1) is 13.0. The molecule has 1 aromatic carbocycles. The number of aromatic nitrogens is 2. The van der Waals surface area contributed by atoms with Crippen molar-refractivity contribution in [1.82, 2.24) is 14.7 Å². The van der Waals surface area contributed by atoms with E-state index in [4.69, 9.17) is 22.4 Å². The van der Waals surface area contributed by atoms with E-state index in [2.05, 4.69) is 6.92 Å². The standard InChI is InChI=1S/C21H27ClN4O.ClH/c1-21(13-23)11-12-25(14-21)20(27)19-17-5-3-2-4-6-18(17)26(24-19)16-9-7-15(22)8-10-16;/h7-10H,2-6,11-14,23H2,1H3;1H. The Labute approximate surface area is 177 Å². The molecule has 2 aromatic rings. The van der Waals surface area contributed by atoms with E-state index in [0.29, 0.717) is 23.8 Å². The van der Waals surface area contributed by atoms with E-state index in [1.165, 1.54) is 12.1 Å². The van der Waals surface area contributed by atoms with Crippen LogP contribution in [0.5, 0.6) is 0 Å². The zero-order valence-electron chi connectivity index (χ0n) is 16.3. The number of hydrogen-bond donors (Lipinski definition) is 1. The highest BCUT2D eigenvalue weighted by Gasteiger charge is 2.37. The van der Waals surface area contributed by atoms with Gasteiger partial charge in [-0.3, -0.25) is 4.79 Å². The van der Waals surface area contributed by atoms with E-state index in [1.54, 1.807) is 0 Å². The molecular weight excluding hydrogens is 395 g/mol. The van der Waals surface area contributed by atoms with Gasteiger partial charge in [-0.25, -0.2) is 4.68 Å². The third-order valence-corrected chi connectivity index (χ3v) is 6.29. The minimum absolute atomic E-state index is 0. The van der Waals surface area contributed by atoms with Gasteiger partial charge >= 0.3 is 0 Å². The van der Waals surface area contributed by atoms with Crippen molar-refractivity contribution < 1.29 is 4.79 Å². The predicted molar refractivity (Wildman–Crippen MR) is 115 cm³/mol. The summed E-state index contributed by atoms with van der Waals surface area (Å²) in [5.74, 6) is 0.0537. The molecule has 152 valence electrons. The van der Waals surface area contributed by atoms with Crippen LogP contribution in [0.15, 0.2) is 24.3 Å². The van der Waals surface area contributed by atoms with Gasteiger partial charge in [0.15, 0.2) is 5.69 Å². The van der Waals surface area contributed by atoms with Crippen molar-refractivity contribution in [2.24, 2.45) is 11.1 Å². The van der Waals surface area contributed by atoms with E-state index in [-0.39, 0.29) is 23.7 Å². The molecule has 0 spiro atoms. The van der Waals surface area contributed by atoms with Crippen LogP contribution in [0, 0.1) is 5.41 Å². The summed E-state index contributed by atoms with van der Waals surface area (Å²) in [5.41, 5.74) is 9.85. The topological polar surface area (TPSA) is 64.2 Å². The highest BCUT2D eigenvalue weighted by Crippen LogP contribution is 2.32. The predicted octanol–water partition coefficient (Wildman–Crippen LogP) is 4.03. The van der Waals surface area contributed by atoms with E-state index in [1.807, 2.05) is 33.8 Å². The van der Waals surface area contributed by atoms with Crippen molar-refractivity contribution in [2.45, 2.75) is 45.4 Å². The zero-order chi connectivity index (χ0) is 19.0. The Kier molecular flexibility index (Phi) is 6.37. The second-order valence-electron chi connectivity index (χ2n) is 8.21. The molecule has 1 saturated heterocycles. The van der Waals surface area contributed by atoms with Crippen molar-refractivity contribution in [2.75, 3.05) is 19.6 Å². The van der Waals surface area contributed by atoms with Crippen LogP contribution in [-0.4, -0.2) is 40.2 Å². The first-order valence-electron chi connectivity index (χ1n) is 9.87. The SMILES string of the molecule is CC1(CN)CCN(C(=O)c2nn(-c3ccc(Cl)cc3)c3c2CCCCC3)C1.Cl.